The van der Waals surface area contributed by atoms with Gasteiger partial charge in [0.1, 0.15) is 0 Å². The Labute approximate surface area is 103 Å². The fourth-order valence-corrected chi connectivity index (χ4v) is 2.64. The lowest BCUT2D eigenvalue weighted by Gasteiger charge is -2.33. The maximum absolute atomic E-state index is 5.91. The van der Waals surface area contributed by atoms with Crippen LogP contribution in [0.2, 0.25) is 0 Å². The molecule has 17 heavy (non-hydrogen) atoms. The molecule has 2 rings (SSSR count). The van der Waals surface area contributed by atoms with E-state index in [0.29, 0.717) is 12.6 Å². The average Bonchev–Trinajstić information content (AvgIpc) is 2.88. The third-order valence-corrected chi connectivity index (χ3v) is 3.68. The minimum absolute atomic E-state index is 0.220. The number of rotatable bonds is 4. The summed E-state index contributed by atoms with van der Waals surface area (Å²) in [5.74, 6) is 0. The zero-order valence-corrected chi connectivity index (χ0v) is 10.8. The number of aryl methyl sites for hydroxylation is 1. The van der Waals surface area contributed by atoms with Crippen LogP contribution in [0.25, 0.3) is 0 Å². The Bertz CT molecular complexity index is 365. The van der Waals surface area contributed by atoms with Crippen LogP contribution in [0.3, 0.4) is 0 Å². The lowest BCUT2D eigenvalue weighted by Crippen LogP contribution is -2.41. The van der Waals surface area contributed by atoms with Crippen molar-refractivity contribution in [1.82, 2.24) is 14.7 Å². The highest BCUT2D eigenvalue weighted by molar-refractivity contribution is 5.11. The first-order valence-electron chi connectivity index (χ1n) is 6.15. The highest BCUT2D eigenvalue weighted by Gasteiger charge is 2.32. The van der Waals surface area contributed by atoms with E-state index in [-0.39, 0.29) is 12.1 Å². The van der Waals surface area contributed by atoms with E-state index in [1.165, 1.54) is 5.56 Å². The quantitative estimate of drug-likeness (QED) is 0.831. The number of nitrogens with two attached hydrogens (primary N) is 1. The Kier molecular flexibility index (Phi) is 3.81. The number of hydrogen-bond donors (Lipinski definition) is 1. The van der Waals surface area contributed by atoms with Gasteiger partial charge in [0.15, 0.2) is 0 Å². The van der Waals surface area contributed by atoms with Gasteiger partial charge < -0.3 is 10.5 Å². The molecule has 3 atom stereocenters. The van der Waals surface area contributed by atoms with Crippen LogP contribution in [0.15, 0.2) is 12.4 Å². The van der Waals surface area contributed by atoms with Gasteiger partial charge in [-0.25, -0.2) is 0 Å². The molecule has 1 saturated heterocycles. The van der Waals surface area contributed by atoms with E-state index in [9.17, 15) is 0 Å². The van der Waals surface area contributed by atoms with Gasteiger partial charge in [-0.3, -0.25) is 9.58 Å². The molecule has 1 fully saturated rings. The number of aromatic nitrogens is 2. The van der Waals surface area contributed by atoms with Crippen LogP contribution >= 0.6 is 0 Å². The predicted octanol–water partition coefficient (Wildman–Crippen LogP) is 0.529. The van der Waals surface area contributed by atoms with Crippen molar-refractivity contribution >= 4 is 0 Å². The molecule has 96 valence electrons. The van der Waals surface area contributed by atoms with Crippen molar-refractivity contribution in [2.24, 2.45) is 12.8 Å². The molecule has 0 aromatic carbocycles. The predicted molar refractivity (Wildman–Crippen MR) is 66.6 cm³/mol. The maximum Gasteiger partial charge on any atom is 0.0703 e. The third kappa shape index (κ3) is 2.51. The van der Waals surface area contributed by atoms with Crippen LogP contribution in [0, 0.1) is 0 Å². The minimum atomic E-state index is 0.220. The first-order chi connectivity index (χ1) is 8.13. The van der Waals surface area contributed by atoms with Crippen molar-refractivity contribution in [3.63, 3.8) is 0 Å². The molecule has 1 aromatic heterocycles. The van der Waals surface area contributed by atoms with Crippen molar-refractivity contribution in [2.45, 2.75) is 31.5 Å². The summed E-state index contributed by atoms with van der Waals surface area (Å²) in [5, 5.41) is 4.22. The molecule has 0 saturated carbocycles. The van der Waals surface area contributed by atoms with Gasteiger partial charge >= 0.3 is 0 Å². The number of ether oxygens (including phenoxy) is 1. The summed E-state index contributed by atoms with van der Waals surface area (Å²) in [6, 6.07) is 0.668. The summed E-state index contributed by atoms with van der Waals surface area (Å²) < 4.78 is 7.44. The van der Waals surface area contributed by atoms with Crippen LogP contribution in [0.1, 0.15) is 24.9 Å². The molecular weight excluding hydrogens is 216 g/mol. The van der Waals surface area contributed by atoms with Gasteiger partial charge in [-0.2, -0.15) is 5.10 Å². The normalized spacial score (nSPS) is 26.6. The molecular formula is C12H22N4O. The second-order valence-corrected chi connectivity index (χ2v) is 4.80. The van der Waals surface area contributed by atoms with Crippen molar-refractivity contribution < 1.29 is 4.74 Å². The van der Waals surface area contributed by atoms with E-state index in [4.69, 9.17) is 10.5 Å². The molecule has 0 amide bonds. The molecule has 5 heteroatoms. The molecule has 0 aliphatic carbocycles. The van der Waals surface area contributed by atoms with Crippen molar-refractivity contribution in [1.29, 1.82) is 0 Å². The highest BCUT2D eigenvalue weighted by atomic mass is 16.5. The number of likely N-dealkylation sites (N-methyl/N-ethyl adjacent to an activating group) is 1. The van der Waals surface area contributed by atoms with Crippen LogP contribution in [-0.4, -0.2) is 47.0 Å². The van der Waals surface area contributed by atoms with Gasteiger partial charge in [0.05, 0.1) is 18.3 Å². The second-order valence-electron chi connectivity index (χ2n) is 4.80. The summed E-state index contributed by atoms with van der Waals surface area (Å²) in [4.78, 5) is 2.33. The van der Waals surface area contributed by atoms with E-state index in [0.717, 1.165) is 13.0 Å². The molecule has 5 nitrogen and oxygen atoms in total. The summed E-state index contributed by atoms with van der Waals surface area (Å²) >= 11 is 0. The standard InChI is InChI=1S/C12H22N4O/c1-9-11(4-5-17-9)16(3)12(6-13)10-7-14-15(2)8-10/h7-9,11-12H,4-6,13H2,1-3H3. The van der Waals surface area contributed by atoms with Crippen molar-refractivity contribution in [3.05, 3.63) is 18.0 Å². The first-order valence-corrected chi connectivity index (χ1v) is 6.15. The summed E-state index contributed by atoms with van der Waals surface area (Å²) in [6.07, 6.45) is 5.29. The highest BCUT2D eigenvalue weighted by Crippen LogP contribution is 2.26. The van der Waals surface area contributed by atoms with E-state index in [1.54, 1.807) is 0 Å². The molecule has 0 radical (unpaired) electrons. The molecule has 1 aliphatic heterocycles. The molecule has 0 bridgehead atoms. The van der Waals surface area contributed by atoms with E-state index in [1.807, 2.05) is 24.1 Å². The monoisotopic (exact) mass is 238 g/mol. The third-order valence-electron chi connectivity index (χ3n) is 3.68. The second kappa shape index (κ2) is 5.16. The van der Waals surface area contributed by atoms with Gasteiger partial charge in [0, 0.05) is 38.0 Å². The maximum atomic E-state index is 5.91. The van der Waals surface area contributed by atoms with Gasteiger partial charge in [-0.05, 0) is 20.4 Å². The van der Waals surface area contributed by atoms with Crippen LogP contribution < -0.4 is 5.73 Å². The van der Waals surface area contributed by atoms with Crippen LogP contribution in [0.4, 0.5) is 0 Å². The number of nitrogens with zero attached hydrogens (tertiary/aromatic N) is 3. The average molecular weight is 238 g/mol. The number of hydrogen-bond acceptors (Lipinski definition) is 4. The molecule has 0 spiro atoms. The van der Waals surface area contributed by atoms with E-state index in [2.05, 4.69) is 24.0 Å². The summed E-state index contributed by atoms with van der Waals surface area (Å²) in [6.45, 7) is 3.58. The Balaban J connectivity index is 2.12. The molecule has 1 aromatic rings. The molecule has 1 aliphatic rings. The summed E-state index contributed by atoms with van der Waals surface area (Å²) in [7, 11) is 4.05. The van der Waals surface area contributed by atoms with Gasteiger partial charge in [-0.15, -0.1) is 0 Å². The molecule has 2 heterocycles. The topological polar surface area (TPSA) is 56.3 Å². The van der Waals surface area contributed by atoms with Crippen LogP contribution in [-0.2, 0) is 11.8 Å². The first kappa shape index (κ1) is 12.5. The van der Waals surface area contributed by atoms with Gasteiger partial charge in [-0.1, -0.05) is 0 Å². The van der Waals surface area contributed by atoms with Crippen molar-refractivity contribution in [3.8, 4) is 0 Å². The SMILES string of the molecule is CC1OCCC1N(C)C(CN)c1cnn(C)c1. The Hall–Kier alpha value is -0.910. The van der Waals surface area contributed by atoms with Crippen molar-refractivity contribution in [2.75, 3.05) is 20.2 Å². The van der Waals surface area contributed by atoms with Gasteiger partial charge in [0.25, 0.3) is 0 Å². The minimum Gasteiger partial charge on any atom is -0.377 e. The lowest BCUT2D eigenvalue weighted by atomic mass is 10.0. The van der Waals surface area contributed by atoms with Crippen LogP contribution in [0.5, 0.6) is 0 Å². The smallest absolute Gasteiger partial charge is 0.0703 e. The zero-order chi connectivity index (χ0) is 12.4. The van der Waals surface area contributed by atoms with E-state index < -0.39 is 0 Å². The Morgan fingerprint density at radius 1 is 1.71 bits per heavy atom. The lowest BCUT2D eigenvalue weighted by molar-refractivity contribution is 0.0686. The largest absolute Gasteiger partial charge is 0.377 e. The zero-order valence-electron chi connectivity index (χ0n) is 10.8. The molecule has 2 N–H and O–H groups in total. The fraction of sp³-hybridized carbons (Fsp3) is 0.750. The Morgan fingerprint density at radius 2 is 2.47 bits per heavy atom. The van der Waals surface area contributed by atoms with E-state index >= 15 is 0 Å². The Morgan fingerprint density at radius 3 is 2.94 bits per heavy atom. The fourth-order valence-electron chi connectivity index (χ4n) is 2.64. The van der Waals surface area contributed by atoms with Gasteiger partial charge in [0.2, 0.25) is 0 Å². The summed E-state index contributed by atoms with van der Waals surface area (Å²) in [5.41, 5.74) is 7.09. The molecule has 3 unspecified atom stereocenters.